The van der Waals surface area contributed by atoms with E-state index in [4.69, 9.17) is 10.00 Å². The molecule has 4 aliphatic carbocycles. The lowest BCUT2D eigenvalue weighted by Crippen LogP contribution is -2.56. The van der Waals surface area contributed by atoms with E-state index < -0.39 is 18.1 Å². The number of hydrogen-bond donors (Lipinski definition) is 1. The summed E-state index contributed by atoms with van der Waals surface area (Å²) >= 11 is 0. The molecule has 1 heterocycles. The molecule has 6 nitrogen and oxygen atoms in total. The van der Waals surface area contributed by atoms with Crippen molar-refractivity contribution in [3.05, 3.63) is 35.4 Å². The van der Waals surface area contributed by atoms with E-state index in [2.05, 4.69) is 6.07 Å². The van der Waals surface area contributed by atoms with Crippen LogP contribution in [0, 0.1) is 34.5 Å². The summed E-state index contributed by atoms with van der Waals surface area (Å²) in [4.78, 5) is 28.2. The van der Waals surface area contributed by atoms with E-state index in [1.807, 2.05) is 0 Å². The van der Waals surface area contributed by atoms with Gasteiger partial charge in [0.1, 0.15) is 12.6 Å². The van der Waals surface area contributed by atoms with Crippen LogP contribution in [-0.4, -0.2) is 40.6 Å². The number of carbonyl (C=O) groups is 2. The first-order valence-corrected chi connectivity index (χ1v) is 11.1. The van der Waals surface area contributed by atoms with E-state index in [0.29, 0.717) is 23.3 Å². The first-order valence-electron chi connectivity index (χ1n) is 11.1. The molecule has 1 saturated heterocycles. The summed E-state index contributed by atoms with van der Waals surface area (Å²) in [6.07, 6.45) is 6.15. The Bertz CT molecular complexity index is 852. The highest BCUT2D eigenvalue weighted by molar-refractivity contribution is 5.89. The highest BCUT2D eigenvalue weighted by Gasteiger charge is 2.57. The summed E-state index contributed by atoms with van der Waals surface area (Å²) in [7, 11) is 0. The minimum atomic E-state index is -0.709. The molecule has 1 N–H and O–H groups in total. The maximum atomic E-state index is 13.7. The molecule has 0 spiro atoms. The van der Waals surface area contributed by atoms with Gasteiger partial charge in [0.2, 0.25) is 5.91 Å². The number of carbonyl (C=O) groups excluding carboxylic acids is 2. The summed E-state index contributed by atoms with van der Waals surface area (Å²) in [5.41, 5.74) is 1.01. The first kappa shape index (κ1) is 19.6. The summed E-state index contributed by atoms with van der Waals surface area (Å²) < 4.78 is 5.51. The molecule has 5 aliphatic rings. The standard InChI is InChI=1S/C24H28N2O4/c25-12-15-1-3-16(4-2-15)14-30-22(28)21-8-20(27)13-26(21)23(29)24-9-17-5-18(10-24)7-19(6-17)11-24/h1-4,17-21,27H,5-11,13-14H2/t17?,18?,19?,20-,21-,24?/m0/s1. The highest BCUT2D eigenvalue weighted by atomic mass is 16.5. The molecular formula is C24H28N2O4. The summed E-state index contributed by atoms with van der Waals surface area (Å²) in [6.45, 7) is 0.313. The molecule has 1 aromatic rings. The van der Waals surface area contributed by atoms with Gasteiger partial charge in [-0.15, -0.1) is 0 Å². The van der Waals surface area contributed by atoms with Gasteiger partial charge in [0.05, 0.1) is 23.2 Å². The SMILES string of the molecule is N#Cc1ccc(COC(=O)[C@@H]2C[C@H](O)CN2C(=O)C23CC4CC(CC(C4)C2)C3)cc1. The van der Waals surface area contributed by atoms with E-state index in [9.17, 15) is 14.7 Å². The van der Waals surface area contributed by atoms with Crippen LogP contribution in [0.5, 0.6) is 0 Å². The molecule has 1 amide bonds. The van der Waals surface area contributed by atoms with Crippen LogP contribution in [0.25, 0.3) is 0 Å². The maximum Gasteiger partial charge on any atom is 0.329 e. The number of aliphatic hydroxyl groups is 1. The number of β-amino-alcohol motifs (C(OH)–C–C–N with tert-alkyl or cyclic N) is 1. The van der Waals surface area contributed by atoms with Gasteiger partial charge in [-0.25, -0.2) is 4.79 Å². The molecule has 2 atom stereocenters. The Morgan fingerprint density at radius 2 is 1.67 bits per heavy atom. The number of hydrogen-bond acceptors (Lipinski definition) is 5. The molecule has 0 unspecified atom stereocenters. The smallest absolute Gasteiger partial charge is 0.329 e. The second-order valence-electron chi connectivity index (χ2n) is 9.98. The zero-order valence-corrected chi connectivity index (χ0v) is 17.1. The predicted octanol–water partition coefficient (Wildman–Crippen LogP) is 2.78. The lowest BCUT2D eigenvalue weighted by Gasteiger charge is -2.56. The zero-order chi connectivity index (χ0) is 20.9. The van der Waals surface area contributed by atoms with Gasteiger partial charge in [-0.05, 0) is 74.0 Å². The molecule has 158 valence electrons. The van der Waals surface area contributed by atoms with Crippen LogP contribution < -0.4 is 0 Å². The molecular weight excluding hydrogens is 380 g/mol. The fraction of sp³-hybridized carbons (Fsp3) is 0.625. The number of rotatable bonds is 4. The van der Waals surface area contributed by atoms with Crippen LogP contribution in [0.1, 0.15) is 56.1 Å². The Kier molecular flexibility index (Phi) is 4.82. The average Bonchev–Trinajstić information content (AvgIpc) is 3.12. The summed E-state index contributed by atoms with van der Waals surface area (Å²) in [6, 6.07) is 8.24. The Morgan fingerprint density at radius 3 is 2.23 bits per heavy atom. The normalized spacial score (nSPS) is 36.5. The van der Waals surface area contributed by atoms with Gasteiger partial charge in [0, 0.05) is 13.0 Å². The van der Waals surface area contributed by atoms with Crippen molar-refractivity contribution < 1.29 is 19.4 Å². The fourth-order valence-electron chi connectivity index (χ4n) is 6.87. The minimum Gasteiger partial charge on any atom is -0.459 e. The third-order valence-corrected chi connectivity index (χ3v) is 7.77. The van der Waals surface area contributed by atoms with Crippen molar-refractivity contribution in [3.63, 3.8) is 0 Å². The van der Waals surface area contributed by atoms with Gasteiger partial charge in [0.15, 0.2) is 0 Å². The zero-order valence-electron chi connectivity index (χ0n) is 17.1. The lowest BCUT2D eigenvalue weighted by atomic mass is 9.49. The van der Waals surface area contributed by atoms with Gasteiger partial charge < -0.3 is 14.7 Å². The van der Waals surface area contributed by atoms with E-state index >= 15 is 0 Å². The van der Waals surface area contributed by atoms with Crippen LogP contribution >= 0.6 is 0 Å². The van der Waals surface area contributed by atoms with Crippen molar-refractivity contribution in [2.24, 2.45) is 23.2 Å². The molecule has 1 aromatic carbocycles. The highest BCUT2D eigenvalue weighted by Crippen LogP contribution is 2.60. The lowest BCUT2D eigenvalue weighted by molar-refractivity contribution is -0.166. The van der Waals surface area contributed by atoms with E-state index in [-0.39, 0.29) is 30.9 Å². The number of aliphatic hydroxyl groups excluding tert-OH is 1. The van der Waals surface area contributed by atoms with E-state index in [1.165, 1.54) is 19.3 Å². The Labute approximate surface area is 176 Å². The second kappa shape index (κ2) is 7.39. The summed E-state index contributed by atoms with van der Waals surface area (Å²) in [5.74, 6) is 1.56. The number of nitrogens with zero attached hydrogens (tertiary/aromatic N) is 2. The summed E-state index contributed by atoms with van der Waals surface area (Å²) in [5, 5.41) is 19.1. The van der Waals surface area contributed by atoms with Crippen LogP contribution in [0.3, 0.4) is 0 Å². The molecule has 6 rings (SSSR count). The maximum absolute atomic E-state index is 13.7. The largest absolute Gasteiger partial charge is 0.459 e. The van der Waals surface area contributed by atoms with Crippen LogP contribution in [0.15, 0.2) is 24.3 Å². The molecule has 6 heteroatoms. The average molecular weight is 408 g/mol. The van der Waals surface area contributed by atoms with Gasteiger partial charge in [-0.1, -0.05) is 12.1 Å². The van der Waals surface area contributed by atoms with Crippen LogP contribution in [0.2, 0.25) is 0 Å². The van der Waals surface area contributed by atoms with Crippen molar-refractivity contribution in [1.29, 1.82) is 5.26 Å². The molecule has 4 bridgehead atoms. The number of likely N-dealkylation sites (tertiary alicyclic amines) is 1. The number of nitriles is 1. The third kappa shape index (κ3) is 3.39. The quantitative estimate of drug-likeness (QED) is 0.774. The van der Waals surface area contributed by atoms with Gasteiger partial charge >= 0.3 is 5.97 Å². The Balaban J connectivity index is 1.28. The van der Waals surface area contributed by atoms with Gasteiger partial charge in [0.25, 0.3) is 0 Å². The molecule has 1 aliphatic heterocycles. The topological polar surface area (TPSA) is 90.6 Å². The van der Waals surface area contributed by atoms with Crippen molar-refractivity contribution in [1.82, 2.24) is 4.90 Å². The fourth-order valence-corrected chi connectivity index (χ4v) is 6.87. The molecule has 30 heavy (non-hydrogen) atoms. The number of ether oxygens (including phenoxy) is 1. The van der Waals surface area contributed by atoms with Crippen molar-refractivity contribution in [2.75, 3.05) is 6.54 Å². The van der Waals surface area contributed by atoms with Crippen LogP contribution in [-0.2, 0) is 20.9 Å². The second-order valence-corrected chi connectivity index (χ2v) is 9.98. The minimum absolute atomic E-state index is 0.0680. The van der Waals surface area contributed by atoms with Gasteiger partial charge in [-0.2, -0.15) is 5.26 Å². The molecule has 0 aromatic heterocycles. The molecule has 4 saturated carbocycles. The number of esters is 1. The van der Waals surface area contributed by atoms with Crippen molar-refractivity contribution in [3.8, 4) is 6.07 Å². The van der Waals surface area contributed by atoms with Crippen molar-refractivity contribution in [2.45, 2.75) is 63.7 Å². The molecule has 5 fully saturated rings. The third-order valence-electron chi connectivity index (χ3n) is 7.77. The van der Waals surface area contributed by atoms with Gasteiger partial charge in [-0.3, -0.25) is 4.79 Å². The first-order chi connectivity index (χ1) is 14.5. The number of amides is 1. The molecule has 0 radical (unpaired) electrons. The van der Waals surface area contributed by atoms with E-state index in [0.717, 1.165) is 24.8 Å². The predicted molar refractivity (Wildman–Crippen MR) is 108 cm³/mol. The monoisotopic (exact) mass is 408 g/mol. The Morgan fingerprint density at radius 1 is 1.07 bits per heavy atom. The van der Waals surface area contributed by atoms with Crippen LogP contribution in [0.4, 0.5) is 0 Å². The van der Waals surface area contributed by atoms with Crippen molar-refractivity contribution >= 4 is 11.9 Å². The van der Waals surface area contributed by atoms with E-state index in [1.54, 1.807) is 29.2 Å². The number of benzene rings is 1. The Hall–Kier alpha value is -2.39.